The number of nitrogens with zero attached hydrogens (tertiary/aromatic N) is 1. The lowest BCUT2D eigenvalue weighted by atomic mass is 9.90. The number of piperidine rings is 1. The van der Waals surface area contributed by atoms with Crippen LogP contribution in [0.15, 0.2) is 24.3 Å². The summed E-state index contributed by atoms with van der Waals surface area (Å²) in [6.45, 7) is 9.65. The number of amides is 2. The molecule has 1 fully saturated rings. The molecule has 2 amide bonds. The average molecular weight is 332 g/mol. The predicted octanol–water partition coefficient (Wildman–Crippen LogP) is 3.31. The summed E-state index contributed by atoms with van der Waals surface area (Å²) in [4.78, 5) is 26.6. The molecule has 0 radical (unpaired) electrons. The Bertz CT molecular complexity index is 567. The SMILES string of the molecule is CCOc1ccc(NC(=O)C2CCN(C(=O)C(C)(C)C)CC2)cc1. The van der Waals surface area contributed by atoms with E-state index in [4.69, 9.17) is 4.74 Å². The smallest absolute Gasteiger partial charge is 0.227 e. The van der Waals surface area contributed by atoms with Crippen molar-refractivity contribution >= 4 is 17.5 Å². The standard InChI is InChI=1S/C19H28N2O3/c1-5-24-16-8-6-15(7-9-16)20-17(22)14-10-12-21(13-11-14)18(23)19(2,3)4/h6-9,14H,5,10-13H2,1-4H3,(H,20,22). The number of anilines is 1. The van der Waals surface area contributed by atoms with E-state index in [9.17, 15) is 9.59 Å². The largest absolute Gasteiger partial charge is 0.494 e. The summed E-state index contributed by atoms with van der Waals surface area (Å²) in [5, 5.41) is 2.96. The molecule has 2 rings (SSSR count). The predicted molar refractivity (Wildman–Crippen MR) is 95.0 cm³/mol. The maximum absolute atomic E-state index is 12.4. The number of ether oxygens (including phenoxy) is 1. The van der Waals surface area contributed by atoms with Gasteiger partial charge in [-0.2, -0.15) is 0 Å². The van der Waals surface area contributed by atoms with Crippen LogP contribution in [-0.2, 0) is 9.59 Å². The van der Waals surface area contributed by atoms with Crippen LogP contribution in [0.4, 0.5) is 5.69 Å². The molecule has 1 aromatic rings. The fraction of sp³-hybridized carbons (Fsp3) is 0.579. The highest BCUT2D eigenvalue weighted by atomic mass is 16.5. The van der Waals surface area contributed by atoms with E-state index >= 15 is 0 Å². The molecule has 0 aliphatic carbocycles. The first-order valence-electron chi connectivity index (χ1n) is 8.64. The zero-order chi connectivity index (χ0) is 17.7. The number of hydrogen-bond acceptors (Lipinski definition) is 3. The summed E-state index contributed by atoms with van der Waals surface area (Å²) in [5.74, 6) is 0.944. The number of hydrogen-bond donors (Lipinski definition) is 1. The van der Waals surface area contributed by atoms with Gasteiger partial charge in [-0.1, -0.05) is 20.8 Å². The van der Waals surface area contributed by atoms with Gasteiger partial charge in [-0.25, -0.2) is 0 Å². The molecular weight excluding hydrogens is 304 g/mol. The molecular formula is C19H28N2O3. The van der Waals surface area contributed by atoms with E-state index in [1.807, 2.05) is 56.9 Å². The molecule has 5 heteroatoms. The second kappa shape index (κ2) is 7.69. The lowest BCUT2D eigenvalue weighted by Gasteiger charge is -2.35. The zero-order valence-electron chi connectivity index (χ0n) is 15.1. The Labute approximate surface area is 144 Å². The Morgan fingerprint density at radius 3 is 2.25 bits per heavy atom. The number of rotatable bonds is 4. The van der Waals surface area contributed by atoms with E-state index in [1.165, 1.54) is 0 Å². The molecule has 24 heavy (non-hydrogen) atoms. The molecule has 1 aliphatic rings. The monoisotopic (exact) mass is 332 g/mol. The number of benzene rings is 1. The molecule has 1 aromatic carbocycles. The van der Waals surface area contributed by atoms with Crippen molar-refractivity contribution in [1.29, 1.82) is 0 Å². The van der Waals surface area contributed by atoms with Gasteiger partial charge in [0, 0.05) is 30.1 Å². The van der Waals surface area contributed by atoms with Gasteiger partial charge < -0.3 is 15.0 Å². The second-order valence-corrected chi connectivity index (χ2v) is 7.26. The Kier molecular flexibility index (Phi) is 5.86. The van der Waals surface area contributed by atoms with E-state index in [1.54, 1.807) is 0 Å². The number of carbonyl (C=O) groups is 2. The van der Waals surface area contributed by atoms with Crippen molar-refractivity contribution in [2.24, 2.45) is 11.3 Å². The van der Waals surface area contributed by atoms with E-state index in [0.29, 0.717) is 32.5 Å². The number of likely N-dealkylation sites (tertiary alicyclic amines) is 1. The Hall–Kier alpha value is -2.04. The summed E-state index contributed by atoms with van der Waals surface area (Å²) in [6, 6.07) is 7.40. The van der Waals surface area contributed by atoms with Crippen LogP contribution in [0.3, 0.4) is 0 Å². The minimum atomic E-state index is -0.364. The molecule has 0 bridgehead atoms. The zero-order valence-corrected chi connectivity index (χ0v) is 15.1. The number of nitrogens with one attached hydrogen (secondary N) is 1. The average Bonchev–Trinajstić information content (AvgIpc) is 2.55. The first-order chi connectivity index (χ1) is 11.3. The maximum Gasteiger partial charge on any atom is 0.227 e. The van der Waals surface area contributed by atoms with E-state index in [-0.39, 0.29) is 23.1 Å². The van der Waals surface area contributed by atoms with Crippen molar-refractivity contribution < 1.29 is 14.3 Å². The van der Waals surface area contributed by atoms with Crippen LogP contribution in [-0.4, -0.2) is 36.4 Å². The number of carbonyl (C=O) groups excluding carboxylic acids is 2. The van der Waals surface area contributed by atoms with Gasteiger partial charge in [0.2, 0.25) is 11.8 Å². The van der Waals surface area contributed by atoms with Gasteiger partial charge in [-0.15, -0.1) is 0 Å². The van der Waals surface area contributed by atoms with Gasteiger partial charge >= 0.3 is 0 Å². The van der Waals surface area contributed by atoms with Gasteiger partial charge in [0.1, 0.15) is 5.75 Å². The minimum absolute atomic E-state index is 0.0296. The van der Waals surface area contributed by atoms with Crippen molar-refractivity contribution in [2.75, 3.05) is 25.0 Å². The molecule has 1 heterocycles. The Balaban J connectivity index is 1.85. The Morgan fingerprint density at radius 1 is 1.17 bits per heavy atom. The molecule has 132 valence electrons. The summed E-state index contributed by atoms with van der Waals surface area (Å²) in [6.07, 6.45) is 1.43. The summed E-state index contributed by atoms with van der Waals surface area (Å²) < 4.78 is 5.39. The van der Waals surface area contributed by atoms with Crippen LogP contribution in [0.25, 0.3) is 0 Å². The molecule has 1 N–H and O–H groups in total. The van der Waals surface area contributed by atoms with Crippen LogP contribution in [0.5, 0.6) is 5.75 Å². The normalized spacial score (nSPS) is 15.9. The maximum atomic E-state index is 12.4. The lowest BCUT2D eigenvalue weighted by Crippen LogP contribution is -2.45. The fourth-order valence-corrected chi connectivity index (χ4v) is 2.86. The Morgan fingerprint density at radius 2 is 1.75 bits per heavy atom. The van der Waals surface area contributed by atoms with Crippen molar-refractivity contribution in [1.82, 2.24) is 4.90 Å². The molecule has 0 spiro atoms. The van der Waals surface area contributed by atoms with E-state index in [2.05, 4.69) is 5.32 Å². The summed E-state index contributed by atoms with van der Waals surface area (Å²) in [5.41, 5.74) is 0.411. The highest BCUT2D eigenvalue weighted by Crippen LogP contribution is 2.25. The third kappa shape index (κ3) is 4.73. The molecule has 1 aliphatic heterocycles. The fourth-order valence-electron chi connectivity index (χ4n) is 2.86. The molecule has 5 nitrogen and oxygen atoms in total. The van der Waals surface area contributed by atoms with Gasteiger partial charge in [0.05, 0.1) is 6.61 Å². The third-order valence-electron chi connectivity index (χ3n) is 4.23. The van der Waals surface area contributed by atoms with Crippen LogP contribution >= 0.6 is 0 Å². The highest BCUT2D eigenvalue weighted by Gasteiger charge is 2.32. The minimum Gasteiger partial charge on any atom is -0.494 e. The third-order valence-corrected chi connectivity index (χ3v) is 4.23. The van der Waals surface area contributed by atoms with Crippen molar-refractivity contribution in [3.8, 4) is 5.75 Å². The second-order valence-electron chi connectivity index (χ2n) is 7.26. The van der Waals surface area contributed by atoms with Crippen molar-refractivity contribution in [2.45, 2.75) is 40.5 Å². The van der Waals surface area contributed by atoms with Crippen LogP contribution in [0.2, 0.25) is 0 Å². The quantitative estimate of drug-likeness (QED) is 0.920. The first-order valence-corrected chi connectivity index (χ1v) is 8.64. The first kappa shape index (κ1) is 18.3. The van der Waals surface area contributed by atoms with E-state index < -0.39 is 0 Å². The summed E-state index contributed by atoms with van der Waals surface area (Å²) >= 11 is 0. The van der Waals surface area contributed by atoms with Crippen molar-refractivity contribution in [3.63, 3.8) is 0 Å². The van der Waals surface area contributed by atoms with Crippen molar-refractivity contribution in [3.05, 3.63) is 24.3 Å². The topological polar surface area (TPSA) is 58.6 Å². The molecule has 0 aromatic heterocycles. The molecule has 0 atom stereocenters. The van der Waals surface area contributed by atoms with Gasteiger partial charge in [-0.3, -0.25) is 9.59 Å². The lowest BCUT2D eigenvalue weighted by molar-refractivity contribution is -0.142. The van der Waals surface area contributed by atoms with Gasteiger partial charge in [0.15, 0.2) is 0 Å². The van der Waals surface area contributed by atoms with Crippen LogP contribution in [0, 0.1) is 11.3 Å². The van der Waals surface area contributed by atoms with Crippen LogP contribution < -0.4 is 10.1 Å². The highest BCUT2D eigenvalue weighted by molar-refractivity contribution is 5.92. The van der Waals surface area contributed by atoms with E-state index in [0.717, 1.165) is 11.4 Å². The van der Waals surface area contributed by atoms with Gasteiger partial charge in [0.25, 0.3) is 0 Å². The van der Waals surface area contributed by atoms with Crippen LogP contribution in [0.1, 0.15) is 40.5 Å². The molecule has 1 saturated heterocycles. The van der Waals surface area contributed by atoms with Gasteiger partial charge in [-0.05, 0) is 44.0 Å². The molecule has 0 unspecified atom stereocenters. The summed E-state index contributed by atoms with van der Waals surface area (Å²) in [7, 11) is 0. The molecule has 0 saturated carbocycles.